The lowest BCUT2D eigenvalue weighted by Gasteiger charge is -2.21. The van der Waals surface area contributed by atoms with E-state index in [0.717, 1.165) is 0 Å². The van der Waals surface area contributed by atoms with Crippen LogP contribution in [0.15, 0.2) is 0 Å². The maximum absolute atomic E-state index is 12.5. The van der Waals surface area contributed by atoms with Gasteiger partial charge in [0, 0.05) is 28.9 Å². The molecule has 0 aromatic heterocycles. The highest BCUT2D eigenvalue weighted by Crippen LogP contribution is 2.35. The summed E-state index contributed by atoms with van der Waals surface area (Å²) >= 11 is 0. The second-order valence-electron chi connectivity index (χ2n) is 3.51. The van der Waals surface area contributed by atoms with E-state index in [0.29, 0.717) is 0 Å². The average molecular weight is 281 g/mol. The Bertz CT molecular complexity index is 305. The Balaban J connectivity index is 4.40. The molecule has 0 aromatic rings. The van der Waals surface area contributed by atoms with E-state index in [1.807, 2.05) is 0 Å². The third-order valence-electron chi connectivity index (χ3n) is 1.86. The normalized spacial score (nSPS) is 16.4. The summed E-state index contributed by atoms with van der Waals surface area (Å²) in [7, 11) is -1.20. The standard InChI is InChI=1S/C8H12F5NO2S/c1-5(3-4-17(2)16)14-6(15)7(9,10)8(11,12)13/h5H,3-4H2,1-2H3,(H,14,15). The van der Waals surface area contributed by atoms with Crippen LogP contribution in [0.5, 0.6) is 0 Å². The summed E-state index contributed by atoms with van der Waals surface area (Å²) in [5.41, 5.74) is 0. The lowest BCUT2D eigenvalue weighted by Crippen LogP contribution is -2.52. The predicted molar refractivity (Wildman–Crippen MR) is 52.2 cm³/mol. The van der Waals surface area contributed by atoms with Crippen molar-refractivity contribution < 1.29 is 31.0 Å². The summed E-state index contributed by atoms with van der Waals surface area (Å²) in [6.07, 6.45) is -4.49. The van der Waals surface area contributed by atoms with Crippen LogP contribution in [-0.2, 0) is 15.6 Å². The molecule has 0 fully saturated rings. The van der Waals surface area contributed by atoms with Crippen LogP contribution in [-0.4, -0.2) is 40.3 Å². The molecule has 3 nitrogen and oxygen atoms in total. The van der Waals surface area contributed by atoms with Gasteiger partial charge in [0.05, 0.1) is 0 Å². The van der Waals surface area contributed by atoms with Crippen LogP contribution in [0.1, 0.15) is 13.3 Å². The lowest BCUT2D eigenvalue weighted by atomic mass is 10.2. The molecule has 0 saturated heterocycles. The van der Waals surface area contributed by atoms with Gasteiger partial charge in [-0.15, -0.1) is 0 Å². The smallest absolute Gasteiger partial charge is 0.348 e. The van der Waals surface area contributed by atoms with Gasteiger partial charge in [0.1, 0.15) is 0 Å². The molecule has 0 rings (SSSR count). The molecule has 0 heterocycles. The molecule has 0 bridgehead atoms. The Labute approximate surface area is 97.2 Å². The van der Waals surface area contributed by atoms with E-state index in [9.17, 15) is 31.0 Å². The minimum Gasteiger partial charge on any atom is -0.348 e. The van der Waals surface area contributed by atoms with Crippen molar-refractivity contribution >= 4 is 16.7 Å². The number of carbonyl (C=O) groups excluding carboxylic acids is 1. The molecule has 9 heteroatoms. The Morgan fingerprint density at radius 3 is 2.12 bits per heavy atom. The van der Waals surface area contributed by atoms with E-state index < -0.39 is 34.8 Å². The van der Waals surface area contributed by atoms with Crippen LogP contribution < -0.4 is 5.32 Å². The maximum Gasteiger partial charge on any atom is 0.463 e. The maximum atomic E-state index is 12.5. The van der Waals surface area contributed by atoms with E-state index in [4.69, 9.17) is 0 Å². The van der Waals surface area contributed by atoms with E-state index >= 15 is 0 Å². The molecule has 2 atom stereocenters. The van der Waals surface area contributed by atoms with Crippen molar-refractivity contribution in [2.75, 3.05) is 12.0 Å². The topological polar surface area (TPSA) is 46.2 Å². The SMILES string of the molecule is CC(CCS(C)=O)NC(=O)C(F)(F)C(F)(F)F. The van der Waals surface area contributed by atoms with Gasteiger partial charge in [0.25, 0.3) is 0 Å². The number of hydrogen-bond donors (Lipinski definition) is 1. The fraction of sp³-hybridized carbons (Fsp3) is 0.875. The van der Waals surface area contributed by atoms with Gasteiger partial charge in [-0.2, -0.15) is 22.0 Å². The highest BCUT2D eigenvalue weighted by atomic mass is 32.2. The lowest BCUT2D eigenvalue weighted by molar-refractivity contribution is -0.270. The number of rotatable bonds is 5. The summed E-state index contributed by atoms with van der Waals surface area (Å²) < 4.78 is 71.0. The van der Waals surface area contributed by atoms with Crippen LogP contribution in [0.4, 0.5) is 22.0 Å². The molecule has 0 saturated carbocycles. The molecular weight excluding hydrogens is 269 g/mol. The van der Waals surface area contributed by atoms with Crippen molar-refractivity contribution in [1.29, 1.82) is 0 Å². The molecular formula is C8H12F5NO2S. The molecule has 0 spiro atoms. The summed E-state index contributed by atoms with van der Waals surface area (Å²) in [5.74, 6) is -7.69. The molecule has 17 heavy (non-hydrogen) atoms. The number of halogens is 5. The van der Waals surface area contributed by atoms with Crippen LogP contribution in [0.2, 0.25) is 0 Å². The zero-order valence-corrected chi connectivity index (χ0v) is 9.92. The van der Waals surface area contributed by atoms with Gasteiger partial charge in [-0.05, 0) is 13.3 Å². The van der Waals surface area contributed by atoms with Gasteiger partial charge in [-0.25, -0.2) is 0 Å². The van der Waals surface area contributed by atoms with E-state index in [1.165, 1.54) is 18.5 Å². The second-order valence-corrected chi connectivity index (χ2v) is 5.07. The zero-order valence-electron chi connectivity index (χ0n) is 9.11. The van der Waals surface area contributed by atoms with Crippen molar-refractivity contribution in [2.24, 2.45) is 0 Å². The molecule has 1 amide bonds. The van der Waals surface area contributed by atoms with Gasteiger partial charge in [0.2, 0.25) is 0 Å². The van der Waals surface area contributed by atoms with Gasteiger partial charge in [0.15, 0.2) is 0 Å². The molecule has 1 N–H and O–H groups in total. The zero-order chi connectivity index (χ0) is 13.9. The third-order valence-corrected chi connectivity index (χ3v) is 2.67. The Hall–Kier alpha value is -0.730. The van der Waals surface area contributed by atoms with Crippen molar-refractivity contribution in [3.8, 4) is 0 Å². The Kier molecular flexibility index (Phi) is 5.50. The molecule has 0 aliphatic rings. The van der Waals surface area contributed by atoms with Gasteiger partial charge < -0.3 is 5.32 Å². The van der Waals surface area contributed by atoms with Gasteiger partial charge >= 0.3 is 18.0 Å². The number of amides is 1. The largest absolute Gasteiger partial charge is 0.463 e. The first-order chi connectivity index (χ1) is 7.48. The number of nitrogens with one attached hydrogen (secondary N) is 1. The minimum absolute atomic E-state index is 0.0583. The van der Waals surface area contributed by atoms with E-state index in [1.54, 1.807) is 0 Å². The molecule has 0 aliphatic heterocycles. The van der Waals surface area contributed by atoms with Gasteiger partial charge in [-0.3, -0.25) is 9.00 Å². The quantitative estimate of drug-likeness (QED) is 0.775. The number of alkyl halides is 5. The molecule has 0 radical (unpaired) electrons. The monoisotopic (exact) mass is 281 g/mol. The van der Waals surface area contributed by atoms with E-state index in [-0.39, 0.29) is 12.2 Å². The first-order valence-electron chi connectivity index (χ1n) is 4.54. The predicted octanol–water partition coefficient (Wildman–Crippen LogP) is 1.46. The highest BCUT2D eigenvalue weighted by Gasteiger charge is 2.63. The molecule has 0 aromatic carbocycles. The first kappa shape index (κ1) is 16.3. The van der Waals surface area contributed by atoms with Crippen molar-refractivity contribution in [3.63, 3.8) is 0 Å². The van der Waals surface area contributed by atoms with Crippen LogP contribution in [0.3, 0.4) is 0 Å². The van der Waals surface area contributed by atoms with Gasteiger partial charge in [-0.1, -0.05) is 0 Å². The summed E-state index contributed by atoms with van der Waals surface area (Å²) in [6.45, 7) is 1.26. The fourth-order valence-corrected chi connectivity index (χ4v) is 1.54. The summed E-state index contributed by atoms with van der Waals surface area (Å²) in [4.78, 5) is 10.7. The minimum atomic E-state index is -5.91. The number of carbonyl (C=O) groups is 1. The van der Waals surface area contributed by atoms with E-state index in [2.05, 4.69) is 0 Å². The molecule has 102 valence electrons. The summed E-state index contributed by atoms with van der Waals surface area (Å²) in [6, 6.07) is -0.903. The van der Waals surface area contributed by atoms with Crippen LogP contribution in [0.25, 0.3) is 0 Å². The molecule has 2 unspecified atom stereocenters. The highest BCUT2D eigenvalue weighted by molar-refractivity contribution is 7.84. The van der Waals surface area contributed by atoms with Crippen LogP contribution >= 0.6 is 0 Å². The van der Waals surface area contributed by atoms with Crippen molar-refractivity contribution in [2.45, 2.75) is 31.5 Å². The van der Waals surface area contributed by atoms with Crippen LogP contribution in [0, 0.1) is 0 Å². The first-order valence-corrected chi connectivity index (χ1v) is 6.26. The Morgan fingerprint density at radius 1 is 1.29 bits per heavy atom. The third kappa shape index (κ3) is 4.97. The summed E-state index contributed by atoms with van der Waals surface area (Å²) in [5, 5.41) is 1.54. The van der Waals surface area contributed by atoms with Crippen molar-refractivity contribution in [3.05, 3.63) is 0 Å². The molecule has 0 aliphatic carbocycles. The average Bonchev–Trinajstić information content (AvgIpc) is 2.12. The number of hydrogen-bond acceptors (Lipinski definition) is 2. The Morgan fingerprint density at radius 2 is 1.76 bits per heavy atom. The second kappa shape index (κ2) is 5.74. The van der Waals surface area contributed by atoms with Crippen molar-refractivity contribution in [1.82, 2.24) is 5.32 Å². The fourth-order valence-electron chi connectivity index (χ4n) is 0.858.